The Morgan fingerprint density at radius 2 is 1.94 bits per heavy atom. The summed E-state index contributed by atoms with van der Waals surface area (Å²) in [7, 11) is 0. The number of anilines is 1. The average Bonchev–Trinajstić information content (AvgIpc) is 3.66. The van der Waals surface area contributed by atoms with Gasteiger partial charge in [0.25, 0.3) is 11.8 Å². The number of thiazole rings is 1. The lowest BCUT2D eigenvalue weighted by atomic mass is 10.0. The summed E-state index contributed by atoms with van der Waals surface area (Å²) < 4.78 is 0. The molecule has 1 saturated carbocycles. The zero-order valence-electron chi connectivity index (χ0n) is 20.1. The van der Waals surface area contributed by atoms with Gasteiger partial charge >= 0.3 is 0 Å². The molecule has 3 aromatic heterocycles. The molecule has 6 rings (SSSR count). The Kier molecular flexibility index (Phi) is 5.93. The standard InChI is InChI=1S/C25H30N6O4S/c1-13(32)24(34)31-10-14-6-16(7-15(14)11-31)29-21-18-2-4-26-22(18)27-8-19(21)23-28-9-20(36-23)25(35)30-5-3-17(33)12-30/h2,4,8-9,13-17,32-33H,3,5-7,10-12H2,1H3,(H2,26,27,29)/t13-,14-,15+,16?,17?/m0/s1. The zero-order valence-corrected chi connectivity index (χ0v) is 20.9. The third-order valence-corrected chi connectivity index (χ3v) is 8.77. The maximum Gasteiger partial charge on any atom is 0.265 e. The zero-order chi connectivity index (χ0) is 25.0. The Bertz CT molecular complexity index is 1290. The highest BCUT2D eigenvalue weighted by Gasteiger charge is 2.43. The topological polar surface area (TPSA) is 135 Å². The molecule has 190 valence electrons. The van der Waals surface area contributed by atoms with Gasteiger partial charge in [0.15, 0.2) is 0 Å². The number of carbonyl (C=O) groups excluding carboxylic acids is 2. The molecule has 2 saturated heterocycles. The maximum absolute atomic E-state index is 12.9. The first-order chi connectivity index (χ1) is 17.4. The van der Waals surface area contributed by atoms with Crippen LogP contribution in [-0.4, -0.2) is 91.2 Å². The van der Waals surface area contributed by atoms with E-state index in [0.29, 0.717) is 49.3 Å². The molecule has 10 nitrogen and oxygen atoms in total. The second kappa shape index (κ2) is 9.13. The molecule has 2 amide bonds. The average molecular weight is 511 g/mol. The number of aliphatic hydroxyl groups is 2. The van der Waals surface area contributed by atoms with E-state index in [0.717, 1.165) is 40.1 Å². The van der Waals surface area contributed by atoms with Crippen molar-refractivity contribution < 1.29 is 19.8 Å². The fourth-order valence-corrected chi connectivity index (χ4v) is 6.87. The van der Waals surface area contributed by atoms with Crippen molar-refractivity contribution in [2.75, 3.05) is 31.5 Å². The summed E-state index contributed by atoms with van der Waals surface area (Å²) in [5.74, 6) is 0.548. The van der Waals surface area contributed by atoms with Crippen LogP contribution in [-0.2, 0) is 4.79 Å². The Morgan fingerprint density at radius 1 is 1.17 bits per heavy atom. The van der Waals surface area contributed by atoms with E-state index in [1.807, 2.05) is 12.3 Å². The number of aromatic amines is 1. The highest BCUT2D eigenvalue weighted by atomic mass is 32.1. The summed E-state index contributed by atoms with van der Waals surface area (Å²) in [4.78, 5) is 41.5. The molecule has 1 aliphatic carbocycles. The van der Waals surface area contributed by atoms with Gasteiger partial charge in [0.05, 0.1) is 23.6 Å². The molecule has 0 bridgehead atoms. The lowest BCUT2D eigenvalue weighted by Crippen LogP contribution is -2.37. The number of aliphatic hydroxyl groups excluding tert-OH is 2. The van der Waals surface area contributed by atoms with Crippen molar-refractivity contribution >= 4 is 39.9 Å². The fraction of sp³-hybridized carbons (Fsp3) is 0.520. The number of nitrogens with zero attached hydrogens (tertiary/aromatic N) is 4. The molecule has 0 aromatic carbocycles. The normalized spacial score (nSPS) is 26.5. The van der Waals surface area contributed by atoms with Crippen LogP contribution in [0.4, 0.5) is 5.69 Å². The van der Waals surface area contributed by atoms with Gasteiger partial charge < -0.3 is 30.3 Å². The highest BCUT2D eigenvalue weighted by Crippen LogP contribution is 2.42. The summed E-state index contributed by atoms with van der Waals surface area (Å²) in [6.45, 7) is 3.83. The number of nitrogens with one attached hydrogen (secondary N) is 2. The Hall–Kier alpha value is -3.02. The lowest BCUT2D eigenvalue weighted by molar-refractivity contribution is -0.138. The second-order valence-electron chi connectivity index (χ2n) is 10.3. The quantitative estimate of drug-likeness (QED) is 0.412. The number of carbonyl (C=O) groups is 2. The molecule has 3 aliphatic rings. The van der Waals surface area contributed by atoms with Crippen molar-refractivity contribution in [3.05, 3.63) is 29.5 Å². The van der Waals surface area contributed by atoms with Crippen LogP contribution in [0.5, 0.6) is 0 Å². The first-order valence-electron chi connectivity index (χ1n) is 12.5. The van der Waals surface area contributed by atoms with Gasteiger partial charge in [-0.2, -0.15) is 0 Å². The molecule has 3 fully saturated rings. The SMILES string of the molecule is C[C@H](O)C(=O)N1C[C@H]2CC(Nc3c(-c4ncc(C(=O)N5CCC(O)C5)s4)cnc4[nH]ccc34)C[C@H]2C1. The van der Waals surface area contributed by atoms with Crippen molar-refractivity contribution in [2.45, 2.75) is 44.4 Å². The largest absolute Gasteiger partial charge is 0.391 e. The number of pyridine rings is 1. The fourth-order valence-electron chi connectivity index (χ4n) is 5.97. The van der Waals surface area contributed by atoms with Gasteiger partial charge in [0.2, 0.25) is 0 Å². The second-order valence-corrected chi connectivity index (χ2v) is 11.3. The smallest absolute Gasteiger partial charge is 0.265 e. The van der Waals surface area contributed by atoms with Crippen LogP contribution in [0.1, 0.15) is 35.9 Å². The molecule has 2 aliphatic heterocycles. The van der Waals surface area contributed by atoms with Crippen molar-refractivity contribution in [3.63, 3.8) is 0 Å². The van der Waals surface area contributed by atoms with Crippen LogP contribution in [0.2, 0.25) is 0 Å². The monoisotopic (exact) mass is 510 g/mol. The number of likely N-dealkylation sites (tertiary alicyclic amines) is 2. The minimum Gasteiger partial charge on any atom is -0.391 e. The van der Waals surface area contributed by atoms with E-state index >= 15 is 0 Å². The predicted molar refractivity (Wildman–Crippen MR) is 136 cm³/mol. The molecule has 5 atom stereocenters. The van der Waals surface area contributed by atoms with Crippen molar-refractivity contribution in [1.29, 1.82) is 0 Å². The van der Waals surface area contributed by atoms with E-state index in [1.165, 1.54) is 18.3 Å². The van der Waals surface area contributed by atoms with E-state index in [-0.39, 0.29) is 17.9 Å². The molecule has 4 N–H and O–H groups in total. The summed E-state index contributed by atoms with van der Waals surface area (Å²) in [6.07, 6.45) is 6.36. The number of aromatic nitrogens is 3. The summed E-state index contributed by atoms with van der Waals surface area (Å²) in [5, 5.41) is 24.9. The van der Waals surface area contributed by atoms with Crippen LogP contribution in [0.15, 0.2) is 24.7 Å². The van der Waals surface area contributed by atoms with E-state index in [4.69, 9.17) is 0 Å². The van der Waals surface area contributed by atoms with E-state index in [1.54, 1.807) is 22.2 Å². The lowest BCUT2D eigenvalue weighted by Gasteiger charge is -2.22. The number of β-amino-alcohol motifs (C(OH)–C–C–N with tert-alkyl or cyclic N) is 1. The van der Waals surface area contributed by atoms with Gasteiger partial charge in [-0.3, -0.25) is 9.59 Å². The predicted octanol–water partition coefficient (Wildman–Crippen LogP) is 1.92. The first-order valence-corrected chi connectivity index (χ1v) is 13.3. The molecule has 3 aromatic rings. The number of amides is 2. The van der Waals surface area contributed by atoms with E-state index in [2.05, 4.69) is 20.3 Å². The molecular formula is C25H30N6O4S. The number of H-pyrrole nitrogens is 1. The van der Waals surface area contributed by atoms with Gasteiger partial charge in [-0.25, -0.2) is 9.97 Å². The van der Waals surface area contributed by atoms with Gasteiger partial charge in [0, 0.05) is 50.0 Å². The van der Waals surface area contributed by atoms with Gasteiger partial charge in [-0.15, -0.1) is 11.3 Å². The summed E-state index contributed by atoms with van der Waals surface area (Å²) >= 11 is 1.35. The van der Waals surface area contributed by atoms with Crippen molar-refractivity contribution in [3.8, 4) is 10.6 Å². The third-order valence-electron chi connectivity index (χ3n) is 7.75. The van der Waals surface area contributed by atoms with Crippen LogP contribution >= 0.6 is 11.3 Å². The molecule has 36 heavy (non-hydrogen) atoms. The van der Waals surface area contributed by atoms with E-state index < -0.39 is 12.2 Å². The van der Waals surface area contributed by atoms with Crippen LogP contribution in [0.25, 0.3) is 21.6 Å². The maximum atomic E-state index is 12.9. The third kappa shape index (κ3) is 4.14. The Labute approximate surface area is 212 Å². The van der Waals surface area contributed by atoms with Crippen LogP contribution in [0, 0.1) is 11.8 Å². The minimum atomic E-state index is -0.954. The Balaban J connectivity index is 1.23. The highest BCUT2D eigenvalue weighted by molar-refractivity contribution is 7.17. The minimum absolute atomic E-state index is 0.0968. The molecule has 5 heterocycles. The number of fused-ring (bicyclic) bond motifs is 2. The molecular weight excluding hydrogens is 480 g/mol. The van der Waals surface area contributed by atoms with Gasteiger partial charge in [0.1, 0.15) is 21.6 Å². The number of hydrogen-bond acceptors (Lipinski definition) is 8. The number of rotatable bonds is 5. The van der Waals surface area contributed by atoms with E-state index in [9.17, 15) is 19.8 Å². The molecule has 0 radical (unpaired) electrons. The summed E-state index contributed by atoms with van der Waals surface area (Å²) in [5.41, 5.74) is 2.59. The Morgan fingerprint density at radius 3 is 2.64 bits per heavy atom. The first kappa shape index (κ1) is 23.4. The van der Waals surface area contributed by atoms with Crippen LogP contribution < -0.4 is 5.32 Å². The summed E-state index contributed by atoms with van der Waals surface area (Å²) in [6, 6.07) is 2.24. The van der Waals surface area contributed by atoms with Gasteiger partial charge in [-0.1, -0.05) is 0 Å². The van der Waals surface area contributed by atoms with Crippen molar-refractivity contribution in [1.82, 2.24) is 24.8 Å². The van der Waals surface area contributed by atoms with Crippen LogP contribution in [0.3, 0.4) is 0 Å². The molecule has 0 spiro atoms. The number of hydrogen-bond donors (Lipinski definition) is 4. The molecule has 11 heteroatoms. The van der Waals surface area contributed by atoms with Gasteiger partial charge in [-0.05, 0) is 44.1 Å². The van der Waals surface area contributed by atoms with Crippen molar-refractivity contribution in [2.24, 2.45) is 11.8 Å². The molecule has 2 unspecified atom stereocenters.